The molecule has 0 heterocycles. The molecule has 0 unspecified atom stereocenters. The van der Waals surface area contributed by atoms with E-state index in [1.54, 1.807) is 18.2 Å². The molecule has 0 bridgehead atoms. The fourth-order valence-electron chi connectivity index (χ4n) is 2.78. The fraction of sp³-hybridized carbons (Fsp3) is 0.588. The van der Waals surface area contributed by atoms with Crippen molar-refractivity contribution in [2.75, 3.05) is 6.61 Å². The number of guanidine groups is 1. The zero-order valence-corrected chi connectivity index (χ0v) is 13.6. The molecule has 0 atom stereocenters. The van der Waals surface area contributed by atoms with E-state index in [0.717, 1.165) is 18.4 Å². The molecular weight excluding hydrogens is 319 g/mol. The number of hydrogen-bond donors (Lipinski definition) is 2. The van der Waals surface area contributed by atoms with Gasteiger partial charge >= 0.3 is 6.18 Å². The normalized spacial score (nSPS) is 17.0. The van der Waals surface area contributed by atoms with Crippen molar-refractivity contribution >= 4 is 5.96 Å². The van der Waals surface area contributed by atoms with Crippen LogP contribution in [0.3, 0.4) is 0 Å². The lowest BCUT2D eigenvalue weighted by molar-refractivity contribution is -0.176. The van der Waals surface area contributed by atoms with Gasteiger partial charge in [-0.05, 0) is 24.0 Å². The first kappa shape index (κ1) is 18.6. The SMILES string of the molecule is NC(=NCc1cccc(COCC(F)(F)F)c1)NC1CCCCC1. The van der Waals surface area contributed by atoms with Crippen LogP contribution in [0.25, 0.3) is 0 Å². The second-order valence-electron chi connectivity index (χ2n) is 6.11. The van der Waals surface area contributed by atoms with E-state index < -0.39 is 12.8 Å². The molecule has 1 aromatic rings. The van der Waals surface area contributed by atoms with Gasteiger partial charge in [-0.15, -0.1) is 0 Å². The van der Waals surface area contributed by atoms with E-state index in [2.05, 4.69) is 15.0 Å². The average molecular weight is 343 g/mol. The van der Waals surface area contributed by atoms with Gasteiger partial charge in [-0.25, -0.2) is 4.99 Å². The maximum absolute atomic E-state index is 12.1. The molecule has 1 aromatic carbocycles. The van der Waals surface area contributed by atoms with Crippen LogP contribution >= 0.6 is 0 Å². The molecule has 1 saturated carbocycles. The van der Waals surface area contributed by atoms with Crippen LogP contribution in [-0.2, 0) is 17.9 Å². The van der Waals surface area contributed by atoms with Gasteiger partial charge in [-0.1, -0.05) is 43.5 Å². The lowest BCUT2D eigenvalue weighted by Crippen LogP contribution is -2.41. The van der Waals surface area contributed by atoms with Gasteiger partial charge < -0.3 is 15.8 Å². The Balaban J connectivity index is 1.81. The fourth-order valence-corrected chi connectivity index (χ4v) is 2.78. The topological polar surface area (TPSA) is 59.6 Å². The summed E-state index contributed by atoms with van der Waals surface area (Å²) in [7, 11) is 0. The minimum absolute atomic E-state index is 0.0765. The third kappa shape index (κ3) is 7.21. The number of rotatable bonds is 6. The van der Waals surface area contributed by atoms with Gasteiger partial charge in [0.15, 0.2) is 5.96 Å². The van der Waals surface area contributed by atoms with Crippen LogP contribution in [0.5, 0.6) is 0 Å². The predicted octanol–water partition coefficient (Wildman–Crippen LogP) is 3.50. The number of halogens is 3. The molecule has 0 radical (unpaired) electrons. The summed E-state index contributed by atoms with van der Waals surface area (Å²) in [6.07, 6.45) is 1.62. The molecule has 0 amide bonds. The smallest absolute Gasteiger partial charge is 0.370 e. The quantitative estimate of drug-likeness (QED) is 0.614. The summed E-state index contributed by atoms with van der Waals surface area (Å²) < 4.78 is 40.9. The van der Waals surface area contributed by atoms with Gasteiger partial charge in [0.1, 0.15) is 6.61 Å². The highest BCUT2D eigenvalue weighted by molar-refractivity contribution is 5.78. The summed E-state index contributed by atoms with van der Waals surface area (Å²) >= 11 is 0. The number of aliphatic imine (C=N–C) groups is 1. The van der Waals surface area contributed by atoms with E-state index in [0.29, 0.717) is 24.1 Å². The van der Waals surface area contributed by atoms with Gasteiger partial charge in [0.2, 0.25) is 0 Å². The maximum Gasteiger partial charge on any atom is 0.411 e. The van der Waals surface area contributed by atoms with Crippen molar-refractivity contribution in [1.29, 1.82) is 0 Å². The number of nitrogens with two attached hydrogens (primary N) is 1. The molecule has 24 heavy (non-hydrogen) atoms. The first-order valence-corrected chi connectivity index (χ1v) is 8.21. The van der Waals surface area contributed by atoms with Crippen molar-refractivity contribution in [3.8, 4) is 0 Å². The van der Waals surface area contributed by atoms with Crippen molar-refractivity contribution in [2.45, 2.75) is 57.5 Å². The molecule has 2 rings (SSSR count). The Morgan fingerprint density at radius 1 is 1.21 bits per heavy atom. The van der Waals surface area contributed by atoms with Crippen molar-refractivity contribution in [1.82, 2.24) is 5.32 Å². The summed E-state index contributed by atoms with van der Waals surface area (Å²) in [6.45, 7) is -0.931. The maximum atomic E-state index is 12.1. The van der Waals surface area contributed by atoms with Gasteiger partial charge in [0.25, 0.3) is 0 Å². The predicted molar refractivity (Wildman–Crippen MR) is 87.5 cm³/mol. The van der Waals surface area contributed by atoms with Crippen LogP contribution in [0, 0.1) is 0 Å². The number of alkyl halides is 3. The molecule has 0 aliphatic heterocycles. The lowest BCUT2D eigenvalue weighted by atomic mass is 9.96. The molecule has 0 aromatic heterocycles. The second-order valence-corrected chi connectivity index (χ2v) is 6.11. The van der Waals surface area contributed by atoms with E-state index in [4.69, 9.17) is 5.73 Å². The van der Waals surface area contributed by atoms with Crippen LogP contribution in [0.15, 0.2) is 29.3 Å². The van der Waals surface area contributed by atoms with E-state index in [-0.39, 0.29) is 6.61 Å². The minimum Gasteiger partial charge on any atom is -0.370 e. The number of benzene rings is 1. The van der Waals surface area contributed by atoms with Crippen LogP contribution in [0.2, 0.25) is 0 Å². The average Bonchev–Trinajstić information content (AvgIpc) is 2.53. The Morgan fingerprint density at radius 3 is 2.62 bits per heavy atom. The summed E-state index contributed by atoms with van der Waals surface area (Å²) in [5.74, 6) is 0.417. The Morgan fingerprint density at radius 2 is 1.92 bits per heavy atom. The summed E-state index contributed by atoms with van der Waals surface area (Å²) in [6, 6.07) is 7.55. The summed E-state index contributed by atoms with van der Waals surface area (Å²) in [5.41, 5.74) is 7.48. The van der Waals surface area contributed by atoms with Gasteiger partial charge in [-0.3, -0.25) is 0 Å². The van der Waals surface area contributed by atoms with Crippen molar-refractivity contribution in [3.63, 3.8) is 0 Å². The highest BCUT2D eigenvalue weighted by Gasteiger charge is 2.27. The standard InChI is InChI=1S/C17H24F3N3O/c18-17(19,20)12-24-11-14-6-4-5-13(9-14)10-22-16(21)23-15-7-2-1-3-8-15/h4-6,9,15H,1-3,7-8,10-12H2,(H3,21,22,23). The second kappa shape index (κ2) is 8.92. The van der Waals surface area contributed by atoms with Crippen LogP contribution < -0.4 is 11.1 Å². The molecule has 134 valence electrons. The molecule has 1 fully saturated rings. The third-order valence-electron chi connectivity index (χ3n) is 3.92. The number of nitrogens with one attached hydrogen (secondary N) is 1. The highest BCUT2D eigenvalue weighted by Crippen LogP contribution is 2.17. The number of hydrogen-bond acceptors (Lipinski definition) is 2. The first-order chi connectivity index (χ1) is 11.4. The first-order valence-electron chi connectivity index (χ1n) is 8.21. The summed E-state index contributed by atoms with van der Waals surface area (Å²) in [4.78, 5) is 4.31. The molecule has 1 aliphatic rings. The van der Waals surface area contributed by atoms with Crippen LogP contribution in [0.1, 0.15) is 43.2 Å². The van der Waals surface area contributed by atoms with Crippen molar-refractivity contribution < 1.29 is 17.9 Å². The zero-order chi connectivity index (χ0) is 17.4. The van der Waals surface area contributed by atoms with E-state index in [9.17, 15) is 13.2 Å². The van der Waals surface area contributed by atoms with Crippen LogP contribution in [-0.4, -0.2) is 24.8 Å². The number of nitrogens with zero attached hydrogens (tertiary/aromatic N) is 1. The Labute approximate surface area is 140 Å². The molecular formula is C17H24F3N3O. The zero-order valence-electron chi connectivity index (χ0n) is 13.6. The molecule has 0 saturated heterocycles. The Kier molecular flexibility index (Phi) is 6.90. The van der Waals surface area contributed by atoms with Gasteiger partial charge in [0, 0.05) is 6.04 Å². The van der Waals surface area contributed by atoms with Gasteiger partial charge in [-0.2, -0.15) is 13.2 Å². The molecule has 0 spiro atoms. The molecule has 1 aliphatic carbocycles. The third-order valence-corrected chi connectivity index (χ3v) is 3.92. The largest absolute Gasteiger partial charge is 0.411 e. The van der Waals surface area contributed by atoms with Crippen molar-refractivity contribution in [3.05, 3.63) is 35.4 Å². The monoisotopic (exact) mass is 343 g/mol. The van der Waals surface area contributed by atoms with Crippen molar-refractivity contribution in [2.24, 2.45) is 10.7 Å². The summed E-state index contributed by atoms with van der Waals surface area (Å²) in [5, 5.41) is 3.23. The molecule has 3 N–H and O–H groups in total. The highest BCUT2D eigenvalue weighted by atomic mass is 19.4. The molecule has 7 heteroatoms. The van der Waals surface area contributed by atoms with Crippen LogP contribution in [0.4, 0.5) is 13.2 Å². The lowest BCUT2D eigenvalue weighted by Gasteiger charge is -2.23. The minimum atomic E-state index is -4.30. The Hall–Kier alpha value is -1.76. The van der Waals surface area contributed by atoms with Gasteiger partial charge in [0.05, 0.1) is 13.2 Å². The molecule has 4 nitrogen and oxygen atoms in total. The van der Waals surface area contributed by atoms with E-state index in [1.807, 2.05) is 6.07 Å². The Bertz CT molecular complexity index is 540. The van der Waals surface area contributed by atoms with E-state index >= 15 is 0 Å². The number of ether oxygens (including phenoxy) is 1. The van der Waals surface area contributed by atoms with E-state index in [1.165, 1.54) is 19.3 Å².